The highest BCUT2D eigenvalue weighted by molar-refractivity contribution is 6.60. The van der Waals surface area contributed by atoms with Gasteiger partial charge in [0.2, 0.25) is 0 Å². The normalized spacial score (nSPS) is 11.4. The standard InChI is InChI=1S/C41H79NO9Si/c1-38(2)40(44)50-36-33-42-41(45)51-35-30-27-25-23-21-19-17-15-13-11-9-7-6-8-10-12-14-16-18-20-22-24-26-29-34-49-39(43)32-28-31-37-52(46-3,47-4)48-5/h1,6-37H2,2-5H3,(H,42,45). The van der Waals surface area contributed by atoms with E-state index in [1.807, 2.05) is 0 Å². The fourth-order valence-corrected chi connectivity index (χ4v) is 7.95. The third-order valence-electron chi connectivity index (χ3n) is 9.53. The van der Waals surface area contributed by atoms with E-state index < -0.39 is 20.9 Å². The second-order valence-corrected chi connectivity index (χ2v) is 17.3. The molecule has 1 amide bonds. The van der Waals surface area contributed by atoms with Crippen LogP contribution in [0.5, 0.6) is 0 Å². The predicted molar refractivity (Wildman–Crippen MR) is 212 cm³/mol. The summed E-state index contributed by atoms with van der Waals surface area (Å²) in [7, 11) is 2.31. The summed E-state index contributed by atoms with van der Waals surface area (Å²) in [6.07, 6.45) is 32.6. The van der Waals surface area contributed by atoms with Crippen LogP contribution in [0, 0.1) is 0 Å². The zero-order chi connectivity index (χ0) is 38.4. The van der Waals surface area contributed by atoms with Crippen LogP contribution in [-0.2, 0) is 37.1 Å². The predicted octanol–water partition coefficient (Wildman–Crippen LogP) is 10.8. The van der Waals surface area contributed by atoms with Crippen molar-refractivity contribution in [2.75, 3.05) is 47.7 Å². The monoisotopic (exact) mass is 758 g/mol. The minimum atomic E-state index is -2.53. The SMILES string of the molecule is C=C(C)C(=O)OCCNC(=O)OCCCCCCCCCCCCCCCCCCCCCCCCCCOC(=O)CCCC[Si](OC)(OC)OC. The molecule has 0 aromatic rings. The summed E-state index contributed by atoms with van der Waals surface area (Å²) in [4.78, 5) is 34.8. The lowest BCUT2D eigenvalue weighted by atomic mass is 10.0. The van der Waals surface area contributed by atoms with E-state index in [2.05, 4.69) is 11.9 Å². The number of amides is 1. The van der Waals surface area contributed by atoms with Gasteiger partial charge in [-0.25, -0.2) is 9.59 Å². The maximum atomic E-state index is 11.9. The van der Waals surface area contributed by atoms with Gasteiger partial charge in [-0.3, -0.25) is 4.79 Å². The fourth-order valence-electron chi connectivity index (χ4n) is 6.15. The van der Waals surface area contributed by atoms with E-state index in [0.29, 0.717) is 31.3 Å². The number of hydrogen-bond acceptors (Lipinski definition) is 9. The van der Waals surface area contributed by atoms with Gasteiger partial charge in [0.05, 0.1) is 19.8 Å². The third-order valence-corrected chi connectivity index (χ3v) is 12.4. The van der Waals surface area contributed by atoms with Crippen molar-refractivity contribution >= 4 is 26.8 Å². The molecule has 1 N–H and O–H groups in total. The Morgan fingerprint density at radius 3 is 1.21 bits per heavy atom. The number of rotatable bonds is 39. The topological polar surface area (TPSA) is 119 Å². The molecule has 0 aliphatic heterocycles. The first-order valence-corrected chi connectivity index (χ1v) is 22.8. The molecular formula is C41H79NO9Si. The molecule has 11 heteroatoms. The van der Waals surface area contributed by atoms with Crippen LogP contribution in [0.25, 0.3) is 0 Å². The second-order valence-electron chi connectivity index (χ2n) is 14.2. The summed E-state index contributed by atoms with van der Waals surface area (Å²) in [6.45, 7) is 6.41. The largest absolute Gasteiger partial charge is 0.500 e. The summed E-state index contributed by atoms with van der Waals surface area (Å²) in [5.41, 5.74) is 0.342. The second kappa shape index (κ2) is 37.4. The van der Waals surface area contributed by atoms with Crippen molar-refractivity contribution in [2.24, 2.45) is 0 Å². The molecule has 0 radical (unpaired) electrons. The van der Waals surface area contributed by atoms with Crippen LogP contribution in [0.4, 0.5) is 4.79 Å². The van der Waals surface area contributed by atoms with Gasteiger partial charge in [-0.15, -0.1) is 0 Å². The highest BCUT2D eigenvalue weighted by Crippen LogP contribution is 2.18. The Bertz CT molecular complexity index is 861. The average Bonchev–Trinajstić information content (AvgIpc) is 3.14. The Labute approximate surface area is 319 Å². The molecule has 0 aromatic heterocycles. The van der Waals surface area contributed by atoms with Crippen LogP contribution in [-0.4, -0.2) is 74.5 Å². The van der Waals surface area contributed by atoms with Crippen LogP contribution in [0.15, 0.2) is 12.2 Å². The van der Waals surface area contributed by atoms with Gasteiger partial charge in [-0.2, -0.15) is 0 Å². The molecule has 0 unspecified atom stereocenters. The lowest BCUT2D eigenvalue weighted by Crippen LogP contribution is -2.42. The Hall–Kier alpha value is -1.95. The smallest absolute Gasteiger partial charge is 0.466 e. The van der Waals surface area contributed by atoms with Crippen molar-refractivity contribution in [2.45, 2.75) is 186 Å². The van der Waals surface area contributed by atoms with E-state index in [0.717, 1.165) is 38.5 Å². The number of carbonyl (C=O) groups excluding carboxylic acids is 3. The molecule has 0 saturated carbocycles. The maximum Gasteiger partial charge on any atom is 0.500 e. The van der Waals surface area contributed by atoms with Gasteiger partial charge in [0.15, 0.2) is 0 Å². The van der Waals surface area contributed by atoms with Gasteiger partial charge in [0.25, 0.3) is 0 Å². The molecule has 0 heterocycles. The Morgan fingerprint density at radius 2 is 0.846 bits per heavy atom. The van der Waals surface area contributed by atoms with Gasteiger partial charge < -0.3 is 32.8 Å². The molecule has 0 aliphatic rings. The highest BCUT2D eigenvalue weighted by atomic mass is 28.4. The molecule has 0 bridgehead atoms. The van der Waals surface area contributed by atoms with Crippen molar-refractivity contribution in [3.8, 4) is 0 Å². The van der Waals surface area contributed by atoms with Gasteiger partial charge in [-0.1, -0.05) is 148 Å². The molecule has 0 rings (SSSR count). The summed E-state index contributed by atoms with van der Waals surface area (Å²) >= 11 is 0. The first kappa shape index (κ1) is 50.0. The van der Waals surface area contributed by atoms with Crippen LogP contribution < -0.4 is 5.32 Å². The number of carbonyl (C=O) groups is 3. The van der Waals surface area contributed by atoms with E-state index in [1.165, 1.54) is 128 Å². The minimum Gasteiger partial charge on any atom is -0.466 e. The number of nitrogens with one attached hydrogen (secondary N) is 1. The molecule has 10 nitrogen and oxygen atoms in total. The number of hydrogen-bond donors (Lipinski definition) is 1. The number of unbranched alkanes of at least 4 members (excludes halogenated alkanes) is 24. The lowest BCUT2D eigenvalue weighted by Gasteiger charge is -2.24. The Kier molecular flexibility index (Phi) is 36.0. The summed E-state index contributed by atoms with van der Waals surface area (Å²) in [5.74, 6) is -0.556. The van der Waals surface area contributed by atoms with Gasteiger partial charge in [-0.05, 0) is 32.6 Å². The molecule has 0 saturated heterocycles. The van der Waals surface area contributed by atoms with Gasteiger partial charge >= 0.3 is 26.8 Å². The Balaban J connectivity index is 3.25. The van der Waals surface area contributed by atoms with E-state index >= 15 is 0 Å². The molecule has 0 spiro atoms. The average molecular weight is 758 g/mol. The van der Waals surface area contributed by atoms with E-state index in [4.69, 9.17) is 27.5 Å². The van der Waals surface area contributed by atoms with Crippen molar-refractivity contribution < 1.29 is 41.9 Å². The molecule has 0 aliphatic carbocycles. The van der Waals surface area contributed by atoms with Crippen molar-refractivity contribution in [3.63, 3.8) is 0 Å². The van der Waals surface area contributed by atoms with Crippen LogP contribution in [0.2, 0.25) is 6.04 Å². The zero-order valence-corrected chi connectivity index (χ0v) is 35.0. The number of esters is 2. The maximum absolute atomic E-state index is 11.9. The summed E-state index contributed by atoms with van der Waals surface area (Å²) in [5, 5.41) is 2.58. The van der Waals surface area contributed by atoms with Crippen molar-refractivity contribution in [1.29, 1.82) is 0 Å². The third kappa shape index (κ3) is 32.7. The summed E-state index contributed by atoms with van der Waals surface area (Å²) < 4.78 is 31.7. The van der Waals surface area contributed by atoms with Crippen LogP contribution in [0.3, 0.4) is 0 Å². The quantitative estimate of drug-likeness (QED) is 0.0215. The van der Waals surface area contributed by atoms with E-state index in [9.17, 15) is 14.4 Å². The molecule has 52 heavy (non-hydrogen) atoms. The molecular weight excluding hydrogens is 679 g/mol. The zero-order valence-electron chi connectivity index (χ0n) is 34.0. The van der Waals surface area contributed by atoms with Crippen molar-refractivity contribution in [3.05, 3.63) is 12.2 Å². The molecule has 306 valence electrons. The lowest BCUT2D eigenvalue weighted by molar-refractivity contribution is -0.144. The highest BCUT2D eigenvalue weighted by Gasteiger charge is 2.36. The van der Waals surface area contributed by atoms with Crippen molar-refractivity contribution in [1.82, 2.24) is 5.32 Å². The molecule has 0 atom stereocenters. The van der Waals surface area contributed by atoms with Crippen LogP contribution >= 0.6 is 0 Å². The first-order valence-electron chi connectivity index (χ1n) is 20.8. The first-order chi connectivity index (χ1) is 25.3. The van der Waals surface area contributed by atoms with Crippen LogP contribution in [0.1, 0.15) is 180 Å². The minimum absolute atomic E-state index is 0.104. The van der Waals surface area contributed by atoms with E-state index in [1.54, 1.807) is 28.3 Å². The number of ether oxygens (including phenoxy) is 3. The number of alkyl carbamates (subject to hydrolysis) is 1. The fraction of sp³-hybridized carbons (Fsp3) is 0.878. The van der Waals surface area contributed by atoms with Gasteiger partial charge in [0.1, 0.15) is 6.61 Å². The van der Waals surface area contributed by atoms with Gasteiger partial charge in [0, 0.05) is 39.4 Å². The van der Waals surface area contributed by atoms with E-state index in [-0.39, 0.29) is 19.1 Å². The molecule has 0 fully saturated rings. The summed E-state index contributed by atoms with van der Waals surface area (Å²) in [6, 6.07) is 0.712. The Morgan fingerprint density at radius 1 is 0.481 bits per heavy atom. The molecule has 0 aromatic carbocycles.